The molecule has 3 atom stereocenters. The Morgan fingerprint density at radius 3 is 2.75 bits per heavy atom. The first-order chi connectivity index (χ1) is 9.37. The maximum absolute atomic E-state index is 4.55. The smallest absolute Gasteiger partial charge is 0.0666 e. The topological polar surface area (TPSA) is 29.9 Å². The molecule has 1 aromatic heterocycles. The average Bonchev–Trinajstić information content (AvgIpc) is 2.97. The zero-order valence-electron chi connectivity index (χ0n) is 13.7. The molecule has 0 saturated heterocycles. The van der Waals surface area contributed by atoms with Gasteiger partial charge in [-0.2, -0.15) is 5.10 Å². The van der Waals surface area contributed by atoms with E-state index in [1.807, 2.05) is 11.7 Å². The van der Waals surface area contributed by atoms with Gasteiger partial charge in [-0.15, -0.1) is 0 Å². The van der Waals surface area contributed by atoms with Gasteiger partial charge >= 0.3 is 0 Å². The van der Waals surface area contributed by atoms with Crippen LogP contribution in [0, 0.1) is 16.7 Å². The summed E-state index contributed by atoms with van der Waals surface area (Å²) < 4.78 is 1.95. The molecular weight excluding hydrogens is 246 g/mol. The quantitative estimate of drug-likeness (QED) is 0.914. The van der Waals surface area contributed by atoms with E-state index in [0.717, 1.165) is 18.9 Å². The van der Waals surface area contributed by atoms with E-state index >= 15 is 0 Å². The Morgan fingerprint density at radius 1 is 1.40 bits per heavy atom. The van der Waals surface area contributed by atoms with E-state index in [9.17, 15) is 0 Å². The van der Waals surface area contributed by atoms with Crippen LogP contribution in [0.4, 0.5) is 0 Å². The molecule has 0 aromatic carbocycles. The Labute approximate surface area is 123 Å². The van der Waals surface area contributed by atoms with Gasteiger partial charge in [0.25, 0.3) is 0 Å². The van der Waals surface area contributed by atoms with Crippen molar-refractivity contribution in [1.29, 1.82) is 0 Å². The highest BCUT2D eigenvalue weighted by Gasteiger charge is 2.58. The minimum Gasteiger partial charge on any atom is -0.309 e. The Bertz CT molecular complexity index is 498. The zero-order chi connectivity index (χ0) is 14.5. The molecule has 0 radical (unpaired) electrons. The molecule has 2 saturated carbocycles. The van der Waals surface area contributed by atoms with E-state index in [1.54, 1.807) is 0 Å². The zero-order valence-corrected chi connectivity index (χ0v) is 13.7. The van der Waals surface area contributed by atoms with Crippen molar-refractivity contribution in [2.75, 3.05) is 0 Å². The second kappa shape index (κ2) is 4.59. The van der Waals surface area contributed by atoms with Crippen molar-refractivity contribution in [1.82, 2.24) is 15.1 Å². The van der Waals surface area contributed by atoms with Gasteiger partial charge in [-0.1, -0.05) is 27.7 Å². The van der Waals surface area contributed by atoms with E-state index in [1.165, 1.54) is 30.5 Å². The summed E-state index contributed by atoms with van der Waals surface area (Å²) in [6.45, 7) is 10.6. The molecule has 2 bridgehead atoms. The molecule has 1 aromatic rings. The van der Waals surface area contributed by atoms with Crippen molar-refractivity contribution >= 4 is 0 Å². The Kier molecular flexibility index (Phi) is 3.24. The van der Waals surface area contributed by atoms with Crippen LogP contribution in [0.25, 0.3) is 0 Å². The van der Waals surface area contributed by atoms with Crippen LogP contribution in [0.5, 0.6) is 0 Å². The summed E-state index contributed by atoms with van der Waals surface area (Å²) in [5, 5.41) is 8.45. The predicted octanol–water partition coefficient (Wildman–Crippen LogP) is 3.29. The lowest BCUT2D eigenvalue weighted by Crippen LogP contribution is -2.49. The number of fused-ring (bicyclic) bond motifs is 2. The van der Waals surface area contributed by atoms with E-state index < -0.39 is 0 Å². The summed E-state index contributed by atoms with van der Waals surface area (Å²) in [4.78, 5) is 0. The number of nitrogens with one attached hydrogen (secondary N) is 1. The van der Waals surface area contributed by atoms with Crippen LogP contribution in [0.2, 0.25) is 0 Å². The van der Waals surface area contributed by atoms with E-state index in [2.05, 4.69) is 44.3 Å². The molecular formula is C17H29N3. The van der Waals surface area contributed by atoms with Gasteiger partial charge in [-0.3, -0.25) is 4.68 Å². The van der Waals surface area contributed by atoms with Crippen LogP contribution >= 0.6 is 0 Å². The Hall–Kier alpha value is -0.830. The molecule has 0 amide bonds. The highest BCUT2D eigenvalue weighted by molar-refractivity contribution is 5.18. The van der Waals surface area contributed by atoms with Gasteiger partial charge in [0.1, 0.15) is 0 Å². The van der Waals surface area contributed by atoms with E-state index in [0.29, 0.717) is 16.9 Å². The van der Waals surface area contributed by atoms with Crippen molar-refractivity contribution < 1.29 is 0 Å². The largest absolute Gasteiger partial charge is 0.309 e. The highest BCUT2D eigenvalue weighted by atomic mass is 15.3. The molecule has 3 rings (SSSR count). The second-order valence-corrected chi connectivity index (χ2v) is 7.86. The molecule has 1 N–H and O–H groups in total. The Morgan fingerprint density at radius 2 is 2.15 bits per heavy atom. The van der Waals surface area contributed by atoms with Crippen LogP contribution in [0.1, 0.15) is 58.2 Å². The van der Waals surface area contributed by atoms with Gasteiger partial charge in [0.2, 0.25) is 0 Å². The lowest BCUT2D eigenvalue weighted by atomic mass is 9.68. The molecule has 2 aliphatic carbocycles. The maximum Gasteiger partial charge on any atom is 0.0666 e. The third-order valence-electron chi connectivity index (χ3n) is 6.09. The molecule has 1 unspecified atom stereocenters. The Balaban J connectivity index is 1.75. The van der Waals surface area contributed by atoms with Gasteiger partial charge in [0.05, 0.1) is 5.69 Å². The lowest BCUT2D eigenvalue weighted by Gasteiger charge is -2.43. The third-order valence-corrected chi connectivity index (χ3v) is 6.09. The maximum atomic E-state index is 4.55. The monoisotopic (exact) mass is 275 g/mol. The highest BCUT2D eigenvalue weighted by Crippen LogP contribution is 2.62. The summed E-state index contributed by atoms with van der Waals surface area (Å²) in [6, 6.07) is 0.638. The van der Waals surface area contributed by atoms with Gasteiger partial charge in [-0.05, 0) is 42.4 Å². The van der Waals surface area contributed by atoms with Crippen molar-refractivity contribution in [2.24, 2.45) is 23.8 Å². The average molecular weight is 275 g/mol. The molecule has 0 aliphatic heterocycles. The van der Waals surface area contributed by atoms with Crippen molar-refractivity contribution in [3.63, 3.8) is 0 Å². The van der Waals surface area contributed by atoms with Gasteiger partial charge in [-0.25, -0.2) is 0 Å². The molecule has 2 aliphatic rings. The summed E-state index contributed by atoms with van der Waals surface area (Å²) in [6.07, 6.45) is 7.42. The minimum absolute atomic E-state index is 0.432. The molecule has 0 spiro atoms. The second-order valence-electron chi connectivity index (χ2n) is 7.86. The SMILES string of the molecule is CCc1nn(C)cc1CNC1C(C)(C)[C@H]2CC[C@]1(C)C2. The first-order valence-corrected chi connectivity index (χ1v) is 8.11. The number of hydrogen-bond acceptors (Lipinski definition) is 2. The fraction of sp³-hybridized carbons (Fsp3) is 0.824. The van der Waals surface area contributed by atoms with Gasteiger partial charge < -0.3 is 5.32 Å². The number of aromatic nitrogens is 2. The number of aryl methyl sites for hydroxylation is 2. The van der Waals surface area contributed by atoms with Gasteiger partial charge in [0, 0.05) is 31.4 Å². The molecule has 3 heteroatoms. The number of hydrogen-bond donors (Lipinski definition) is 1. The predicted molar refractivity (Wildman–Crippen MR) is 82.4 cm³/mol. The third kappa shape index (κ3) is 2.02. The minimum atomic E-state index is 0.432. The van der Waals surface area contributed by atoms with Crippen LogP contribution < -0.4 is 5.32 Å². The number of nitrogens with zero attached hydrogens (tertiary/aromatic N) is 2. The summed E-state index contributed by atoms with van der Waals surface area (Å²) in [7, 11) is 2.02. The molecule has 3 nitrogen and oxygen atoms in total. The van der Waals surface area contributed by atoms with Crippen LogP contribution in [-0.4, -0.2) is 15.8 Å². The van der Waals surface area contributed by atoms with Crippen molar-refractivity contribution in [3.05, 3.63) is 17.5 Å². The fourth-order valence-corrected chi connectivity index (χ4v) is 5.05. The molecule has 112 valence electrons. The molecule has 2 fully saturated rings. The van der Waals surface area contributed by atoms with Crippen LogP contribution in [0.15, 0.2) is 6.20 Å². The summed E-state index contributed by atoms with van der Waals surface area (Å²) in [5.74, 6) is 0.907. The van der Waals surface area contributed by atoms with Crippen LogP contribution in [0.3, 0.4) is 0 Å². The standard InChI is InChI=1S/C17H29N3/c1-6-14-12(11-20(5)19-14)10-18-15-16(2,3)13-7-8-17(15,4)9-13/h11,13,15,18H,6-10H2,1-5H3/t13-,15?,17+/m0/s1. The first-order valence-electron chi connectivity index (χ1n) is 8.11. The van der Waals surface area contributed by atoms with Crippen molar-refractivity contribution in [3.8, 4) is 0 Å². The van der Waals surface area contributed by atoms with Crippen molar-refractivity contribution in [2.45, 2.75) is 66.0 Å². The van der Waals surface area contributed by atoms with E-state index in [4.69, 9.17) is 0 Å². The lowest BCUT2D eigenvalue weighted by molar-refractivity contribution is 0.108. The molecule has 20 heavy (non-hydrogen) atoms. The summed E-state index contributed by atoms with van der Waals surface area (Å²) >= 11 is 0. The van der Waals surface area contributed by atoms with Gasteiger partial charge in [0.15, 0.2) is 0 Å². The normalized spacial score (nSPS) is 34.9. The fourth-order valence-electron chi connectivity index (χ4n) is 5.05. The van der Waals surface area contributed by atoms with E-state index in [-0.39, 0.29) is 0 Å². The summed E-state index contributed by atoms with van der Waals surface area (Å²) in [5.41, 5.74) is 3.55. The van der Waals surface area contributed by atoms with Crippen LogP contribution in [-0.2, 0) is 20.0 Å². The molecule has 1 heterocycles. The number of rotatable bonds is 4. The first kappa shape index (κ1) is 14.1.